The van der Waals surface area contributed by atoms with Gasteiger partial charge in [-0.15, -0.1) is 0 Å². The maximum absolute atomic E-state index is 12.7. The molecule has 1 aromatic carbocycles. The van der Waals surface area contributed by atoms with Gasteiger partial charge in [0.05, 0.1) is 12.1 Å². The van der Waals surface area contributed by atoms with E-state index in [1.807, 2.05) is 0 Å². The number of benzene rings is 1. The normalized spacial score (nSPS) is 12.0. The van der Waals surface area contributed by atoms with Gasteiger partial charge in [-0.2, -0.15) is 0 Å². The highest BCUT2D eigenvalue weighted by atomic mass is 16.6. The van der Waals surface area contributed by atoms with Gasteiger partial charge in [0, 0.05) is 5.56 Å². The minimum atomic E-state index is -1.40. The van der Waals surface area contributed by atoms with Crippen LogP contribution in [0.5, 0.6) is 0 Å². The van der Waals surface area contributed by atoms with Crippen molar-refractivity contribution in [1.29, 1.82) is 0 Å². The predicted molar refractivity (Wildman–Crippen MR) is 155 cm³/mol. The number of aliphatic imine (C=N–C) groups is 1. The molecule has 1 atom stereocenters. The van der Waals surface area contributed by atoms with E-state index in [4.69, 9.17) is 19.9 Å². The number of hydrogen-bond donors (Lipinski definition) is 6. The Morgan fingerprint density at radius 2 is 1.30 bits per heavy atom. The summed E-state index contributed by atoms with van der Waals surface area (Å²) < 4.78 is 15.5. The maximum atomic E-state index is 12.7. The van der Waals surface area contributed by atoms with E-state index >= 15 is 0 Å². The van der Waals surface area contributed by atoms with Crippen molar-refractivity contribution >= 4 is 47.6 Å². The number of nitrogens with one attached hydrogen (secondary N) is 5. The number of hydrazine groups is 1. The molecule has 0 aromatic heterocycles. The highest BCUT2D eigenvalue weighted by Gasteiger charge is 2.26. The second-order valence-corrected chi connectivity index (χ2v) is 12.1. The minimum Gasteiger partial charge on any atom is -0.460 e. The van der Waals surface area contributed by atoms with E-state index in [9.17, 15) is 28.8 Å². The summed E-state index contributed by atoms with van der Waals surface area (Å²) in [7, 11) is 0. The maximum Gasteiger partial charge on any atom is 0.414 e. The highest BCUT2D eigenvalue weighted by molar-refractivity contribution is 6.03. The summed E-state index contributed by atoms with van der Waals surface area (Å²) in [5, 5.41) is 6.82. The first-order valence-electron chi connectivity index (χ1n) is 13.1. The predicted octanol–water partition coefficient (Wildman–Crippen LogP) is 2.25. The molecule has 0 saturated carbocycles. The molecule has 16 nitrogen and oxygen atoms in total. The molecule has 1 rings (SSSR count). The summed E-state index contributed by atoms with van der Waals surface area (Å²) in [5.41, 5.74) is 7.08. The Balaban J connectivity index is 2.99. The average molecular weight is 608 g/mol. The number of amides is 6. The molecule has 0 fully saturated rings. The number of urea groups is 1. The van der Waals surface area contributed by atoms with Crippen LogP contribution in [0.4, 0.5) is 20.1 Å². The van der Waals surface area contributed by atoms with Gasteiger partial charge in [-0.3, -0.25) is 30.4 Å². The number of rotatable bonds is 6. The topological polar surface area (TPSA) is 229 Å². The Bertz CT molecular complexity index is 1210. The van der Waals surface area contributed by atoms with Crippen molar-refractivity contribution in [2.45, 2.75) is 91.6 Å². The zero-order valence-corrected chi connectivity index (χ0v) is 25.8. The molecule has 0 saturated heterocycles. The van der Waals surface area contributed by atoms with Crippen molar-refractivity contribution in [3.63, 3.8) is 0 Å². The third-order valence-electron chi connectivity index (χ3n) is 4.32. The monoisotopic (exact) mass is 607 g/mol. The molecule has 0 spiro atoms. The quantitative estimate of drug-likeness (QED) is 0.0914. The molecule has 6 amide bonds. The van der Waals surface area contributed by atoms with Crippen LogP contribution in [0.25, 0.3) is 0 Å². The molecule has 238 valence electrons. The molecular formula is C27H41N7O9. The van der Waals surface area contributed by atoms with E-state index < -0.39 is 65.3 Å². The van der Waals surface area contributed by atoms with Crippen LogP contribution in [-0.4, -0.2) is 64.8 Å². The average Bonchev–Trinajstić information content (AvgIpc) is 2.78. The summed E-state index contributed by atoms with van der Waals surface area (Å²) in [6.07, 6.45) is -2.34. The lowest BCUT2D eigenvalue weighted by Gasteiger charge is -2.22. The van der Waals surface area contributed by atoms with Gasteiger partial charge in [0.15, 0.2) is 0 Å². The summed E-state index contributed by atoms with van der Waals surface area (Å²) in [6.45, 7) is 14.8. The number of nitrogens with zero attached hydrogens (tertiary/aromatic N) is 1. The summed E-state index contributed by atoms with van der Waals surface area (Å²) in [5.74, 6) is -2.90. The van der Waals surface area contributed by atoms with Crippen molar-refractivity contribution in [3.05, 3.63) is 29.8 Å². The Hall–Kier alpha value is -4.89. The van der Waals surface area contributed by atoms with Gasteiger partial charge in [-0.05, 0) is 80.5 Å². The molecule has 0 aliphatic carbocycles. The Morgan fingerprint density at radius 3 is 1.77 bits per heavy atom. The highest BCUT2D eigenvalue weighted by Crippen LogP contribution is 2.15. The zero-order valence-electron chi connectivity index (χ0n) is 25.8. The Labute approximate surface area is 249 Å². The SMILES string of the molecule is CC(C)(C)OC(=O)C[C@H](NC(=O)NNC(=O)c1cccc(N=C(NC(=O)OC(C)(C)C)NC(=O)OC(C)(C)C)c1)C(N)=O. The van der Waals surface area contributed by atoms with Crippen molar-refractivity contribution in [2.24, 2.45) is 10.7 Å². The first-order chi connectivity index (χ1) is 19.5. The van der Waals surface area contributed by atoms with E-state index in [1.54, 1.807) is 62.3 Å². The number of carbonyl (C=O) groups is 6. The fraction of sp³-hybridized carbons (Fsp3) is 0.519. The molecule has 16 heteroatoms. The molecule has 0 unspecified atom stereocenters. The largest absolute Gasteiger partial charge is 0.460 e. The van der Waals surface area contributed by atoms with Gasteiger partial charge in [0.25, 0.3) is 5.91 Å². The number of carbonyl (C=O) groups excluding carboxylic acids is 6. The van der Waals surface area contributed by atoms with Gasteiger partial charge in [0.1, 0.15) is 22.8 Å². The van der Waals surface area contributed by atoms with Gasteiger partial charge in [0.2, 0.25) is 11.9 Å². The van der Waals surface area contributed by atoms with Crippen molar-refractivity contribution in [2.75, 3.05) is 0 Å². The van der Waals surface area contributed by atoms with Crippen LogP contribution < -0.4 is 32.5 Å². The van der Waals surface area contributed by atoms with Crippen molar-refractivity contribution in [3.8, 4) is 0 Å². The molecule has 7 N–H and O–H groups in total. The molecule has 43 heavy (non-hydrogen) atoms. The van der Waals surface area contributed by atoms with Crippen LogP contribution in [0, 0.1) is 0 Å². The molecular weight excluding hydrogens is 566 g/mol. The van der Waals surface area contributed by atoms with Gasteiger partial charge in [-0.25, -0.2) is 24.8 Å². The molecule has 0 bridgehead atoms. The van der Waals surface area contributed by atoms with Crippen molar-refractivity contribution in [1.82, 2.24) is 26.8 Å². The standard InChI is InChI=1S/C27H41N7O9/c1-25(2,3)41-18(35)14-17(19(28)36)30-22(38)34-33-20(37)15-11-10-12-16(13-15)29-21(31-23(39)42-26(4,5)6)32-24(40)43-27(7,8)9/h10-13,17H,14H2,1-9H3,(H2,28,36)(H,33,37)(H2,30,34,38)(H2,29,31,32,39,40)/t17-/m0/s1. The third-order valence-corrected chi connectivity index (χ3v) is 4.32. The number of hydrogen-bond acceptors (Lipinski definition) is 10. The molecule has 0 aliphatic rings. The molecule has 0 radical (unpaired) electrons. The number of ether oxygens (including phenoxy) is 3. The zero-order chi connectivity index (χ0) is 33.2. The number of esters is 1. The van der Waals surface area contributed by atoms with Gasteiger partial charge >= 0.3 is 24.2 Å². The number of primary amides is 1. The summed E-state index contributed by atoms with van der Waals surface area (Å²) in [4.78, 5) is 77.4. The van der Waals surface area contributed by atoms with E-state index in [1.165, 1.54) is 24.3 Å². The van der Waals surface area contributed by atoms with E-state index in [-0.39, 0.29) is 17.2 Å². The van der Waals surface area contributed by atoms with Gasteiger partial charge < -0.3 is 25.3 Å². The number of nitrogens with two attached hydrogens (primary N) is 1. The lowest BCUT2D eigenvalue weighted by atomic mass is 10.1. The molecule has 0 aliphatic heterocycles. The third kappa shape index (κ3) is 16.2. The second-order valence-electron chi connectivity index (χ2n) is 12.1. The first-order valence-corrected chi connectivity index (χ1v) is 13.1. The van der Waals surface area contributed by atoms with Crippen LogP contribution in [0.3, 0.4) is 0 Å². The van der Waals surface area contributed by atoms with E-state index in [0.717, 1.165) is 0 Å². The van der Waals surface area contributed by atoms with Gasteiger partial charge in [-0.1, -0.05) is 6.07 Å². The minimum absolute atomic E-state index is 0.00985. The van der Waals surface area contributed by atoms with Crippen LogP contribution in [0.2, 0.25) is 0 Å². The number of alkyl carbamates (subject to hydrolysis) is 2. The second kappa shape index (κ2) is 14.8. The first kappa shape index (κ1) is 36.1. The summed E-state index contributed by atoms with van der Waals surface area (Å²) in [6, 6.07) is 3.18. The van der Waals surface area contributed by atoms with Crippen LogP contribution in [0.1, 0.15) is 79.1 Å². The smallest absolute Gasteiger partial charge is 0.414 e. The fourth-order valence-corrected chi connectivity index (χ4v) is 2.89. The summed E-state index contributed by atoms with van der Waals surface area (Å²) >= 11 is 0. The van der Waals surface area contributed by atoms with E-state index in [2.05, 4.69) is 31.8 Å². The molecule has 1 aromatic rings. The lowest BCUT2D eigenvalue weighted by Crippen LogP contribution is -2.53. The van der Waals surface area contributed by atoms with Crippen LogP contribution in [-0.2, 0) is 23.8 Å². The fourth-order valence-electron chi connectivity index (χ4n) is 2.89. The van der Waals surface area contributed by atoms with Crippen LogP contribution >= 0.6 is 0 Å². The Kier molecular flexibility index (Phi) is 12.5. The van der Waals surface area contributed by atoms with Crippen molar-refractivity contribution < 1.29 is 43.0 Å². The number of guanidine groups is 1. The Morgan fingerprint density at radius 1 is 0.791 bits per heavy atom. The van der Waals surface area contributed by atoms with Crippen LogP contribution in [0.15, 0.2) is 29.3 Å². The lowest BCUT2D eigenvalue weighted by molar-refractivity contribution is -0.156. The van der Waals surface area contributed by atoms with E-state index in [0.29, 0.717) is 0 Å². The molecule has 0 heterocycles.